The molecule has 0 unspecified atom stereocenters. The molecular weight excluding hydrogens is 278 g/mol. The van der Waals surface area contributed by atoms with Gasteiger partial charge in [0.25, 0.3) is 5.91 Å². The summed E-state index contributed by atoms with van der Waals surface area (Å²) >= 11 is 5.83. The van der Waals surface area contributed by atoms with Crippen LogP contribution in [0.2, 0.25) is 5.15 Å². The number of halogens is 1. The number of pyridine rings is 1. The van der Waals surface area contributed by atoms with E-state index >= 15 is 0 Å². The lowest BCUT2D eigenvalue weighted by atomic mass is 10.1. The number of hydrogen-bond donors (Lipinski definition) is 1. The van der Waals surface area contributed by atoms with E-state index in [-0.39, 0.29) is 24.6 Å². The van der Waals surface area contributed by atoms with Gasteiger partial charge in [0.1, 0.15) is 5.15 Å². The highest BCUT2D eigenvalue weighted by atomic mass is 35.5. The van der Waals surface area contributed by atoms with Crippen molar-refractivity contribution in [2.24, 2.45) is 0 Å². The number of nitrogens with zero attached hydrogens (tertiary/aromatic N) is 3. The molecule has 5 nitrogen and oxygen atoms in total. The minimum absolute atomic E-state index is 0.0170. The molecule has 0 spiro atoms. The first-order valence-corrected chi connectivity index (χ1v) is 7.18. The van der Waals surface area contributed by atoms with Gasteiger partial charge < -0.3 is 10.0 Å². The zero-order valence-electron chi connectivity index (χ0n) is 11.8. The van der Waals surface area contributed by atoms with Gasteiger partial charge in [-0.1, -0.05) is 11.6 Å². The summed E-state index contributed by atoms with van der Waals surface area (Å²) in [7, 11) is 0. The van der Waals surface area contributed by atoms with Crippen LogP contribution in [0.3, 0.4) is 0 Å². The number of aromatic nitrogens is 1. The maximum atomic E-state index is 12.5. The van der Waals surface area contributed by atoms with E-state index in [4.69, 9.17) is 16.7 Å². The van der Waals surface area contributed by atoms with Gasteiger partial charge in [0.2, 0.25) is 0 Å². The van der Waals surface area contributed by atoms with Gasteiger partial charge in [-0.05, 0) is 26.0 Å². The van der Waals surface area contributed by atoms with Crippen molar-refractivity contribution < 1.29 is 9.90 Å². The standard InChI is InChI=1S/C14H20ClN3O2/c1-10-8-17(9-11(2)18(10)5-6-19)14(20)12-3-4-16-13(15)7-12/h3-4,7,10-11,19H,5-6,8-9H2,1-2H3/t10-,11+. The molecule has 1 fully saturated rings. The average Bonchev–Trinajstić information content (AvgIpc) is 2.42. The monoisotopic (exact) mass is 297 g/mol. The number of aliphatic hydroxyl groups excluding tert-OH is 1. The summed E-state index contributed by atoms with van der Waals surface area (Å²) < 4.78 is 0. The van der Waals surface area contributed by atoms with Crippen LogP contribution in [0.15, 0.2) is 18.3 Å². The van der Waals surface area contributed by atoms with E-state index in [1.165, 1.54) is 0 Å². The average molecular weight is 298 g/mol. The molecule has 20 heavy (non-hydrogen) atoms. The summed E-state index contributed by atoms with van der Waals surface area (Å²) in [5, 5.41) is 9.42. The van der Waals surface area contributed by atoms with Crippen molar-refractivity contribution in [1.29, 1.82) is 0 Å². The van der Waals surface area contributed by atoms with Crippen molar-refractivity contribution in [2.75, 3.05) is 26.2 Å². The minimum Gasteiger partial charge on any atom is -0.395 e. The van der Waals surface area contributed by atoms with Gasteiger partial charge in [-0.3, -0.25) is 9.69 Å². The second-order valence-corrected chi connectivity index (χ2v) is 5.62. The fraction of sp³-hybridized carbons (Fsp3) is 0.571. The summed E-state index contributed by atoms with van der Waals surface area (Å²) in [6.07, 6.45) is 1.55. The maximum absolute atomic E-state index is 12.5. The highest BCUT2D eigenvalue weighted by molar-refractivity contribution is 6.29. The third-order valence-electron chi connectivity index (χ3n) is 3.72. The Morgan fingerprint density at radius 1 is 1.45 bits per heavy atom. The van der Waals surface area contributed by atoms with Gasteiger partial charge in [0.05, 0.1) is 6.61 Å². The molecule has 2 heterocycles. The number of piperazine rings is 1. The normalized spacial score (nSPS) is 23.9. The lowest BCUT2D eigenvalue weighted by Crippen LogP contribution is -2.58. The van der Waals surface area contributed by atoms with Crippen molar-refractivity contribution in [3.8, 4) is 0 Å². The van der Waals surface area contributed by atoms with E-state index in [2.05, 4.69) is 23.7 Å². The van der Waals surface area contributed by atoms with Crippen molar-refractivity contribution in [3.05, 3.63) is 29.0 Å². The second-order valence-electron chi connectivity index (χ2n) is 5.24. The van der Waals surface area contributed by atoms with Crippen molar-refractivity contribution >= 4 is 17.5 Å². The molecule has 2 rings (SSSR count). The Bertz CT molecular complexity index is 471. The molecule has 0 radical (unpaired) electrons. The van der Waals surface area contributed by atoms with Crippen LogP contribution >= 0.6 is 11.6 Å². The highest BCUT2D eigenvalue weighted by Crippen LogP contribution is 2.18. The molecule has 110 valence electrons. The van der Waals surface area contributed by atoms with Gasteiger partial charge in [-0.2, -0.15) is 0 Å². The first-order chi connectivity index (χ1) is 9.52. The SMILES string of the molecule is C[C@@H]1CN(C(=O)c2ccnc(Cl)c2)C[C@H](C)N1CCO. The summed E-state index contributed by atoms with van der Waals surface area (Å²) in [5.41, 5.74) is 0.569. The molecule has 1 aliphatic heterocycles. The Morgan fingerprint density at radius 2 is 2.10 bits per heavy atom. The predicted molar refractivity (Wildman–Crippen MR) is 77.9 cm³/mol. The summed E-state index contributed by atoms with van der Waals surface area (Å²) in [6.45, 7) is 6.25. The predicted octanol–water partition coefficient (Wildman–Crippen LogP) is 1.26. The van der Waals surface area contributed by atoms with E-state index in [1.54, 1.807) is 18.3 Å². The fourth-order valence-electron chi connectivity index (χ4n) is 2.80. The van der Waals surface area contributed by atoms with Crippen LogP contribution in [-0.2, 0) is 0 Å². The smallest absolute Gasteiger partial charge is 0.254 e. The van der Waals surface area contributed by atoms with E-state index in [0.717, 1.165) is 0 Å². The Morgan fingerprint density at radius 3 is 2.65 bits per heavy atom. The number of carbonyl (C=O) groups is 1. The molecular formula is C14H20ClN3O2. The number of amides is 1. The van der Waals surface area contributed by atoms with Crippen LogP contribution in [0.1, 0.15) is 24.2 Å². The molecule has 1 aromatic rings. The molecule has 1 saturated heterocycles. The Hall–Kier alpha value is -1.17. The first-order valence-electron chi connectivity index (χ1n) is 6.80. The second kappa shape index (κ2) is 6.52. The Kier molecular flexibility index (Phi) is 4.96. The van der Waals surface area contributed by atoms with Crippen LogP contribution in [0.4, 0.5) is 0 Å². The molecule has 0 aliphatic carbocycles. The van der Waals surface area contributed by atoms with E-state index in [0.29, 0.717) is 30.4 Å². The maximum Gasteiger partial charge on any atom is 0.254 e. The third-order valence-corrected chi connectivity index (χ3v) is 3.93. The molecule has 0 saturated carbocycles. The Balaban J connectivity index is 2.09. The van der Waals surface area contributed by atoms with Gasteiger partial charge in [0, 0.05) is 43.5 Å². The van der Waals surface area contributed by atoms with Gasteiger partial charge >= 0.3 is 0 Å². The number of aliphatic hydroxyl groups is 1. The zero-order valence-corrected chi connectivity index (χ0v) is 12.5. The zero-order chi connectivity index (χ0) is 14.7. The molecule has 1 N–H and O–H groups in total. The number of rotatable bonds is 3. The molecule has 0 bridgehead atoms. The molecule has 1 amide bonds. The van der Waals surface area contributed by atoms with Crippen LogP contribution in [0, 0.1) is 0 Å². The largest absolute Gasteiger partial charge is 0.395 e. The summed E-state index contributed by atoms with van der Waals surface area (Å²) in [5.74, 6) is -0.0170. The van der Waals surface area contributed by atoms with Crippen molar-refractivity contribution in [1.82, 2.24) is 14.8 Å². The van der Waals surface area contributed by atoms with E-state index in [1.807, 2.05) is 4.90 Å². The fourth-order valence-corrected chi connectivity index (χ4v) is 2.97. The molecule has 1 aromatic heterocycles. The Labute approximate surface area is 124 Å². The molecule has 0 aromatic carbocycles. The van der Waals surface area contributed by atoms with Crippen molar-refractivity contribution in [3.63, 3.8) is 0 Å². The van der Waals surface area contributed by atoms with Gasteiger partial charge in [-0.25, -0.2) is 4.98 Å². The summed E-state index contributed by atoms with van der Waals surface area (Å²) in [6, 6.07) is 3.74. The van der Waals surface area contributed by atoms with Crippen LogP contribution in [0.5, 0.6) is 0 Å². The van der Waals surface area contributed by atoms with Crippen LogP contribution in [0.25, 0.3) is 0 Å². The summed E-state index contributed by atoms with van der Waals surface area (Å²) in [4.78, 5) is 20.4. The lowest BCUT2D eigenvalue weighted by molar-refractivity contribution is 0.0236. The minimum atomic E-state index is -0.0170. The highest BCUT2D eigenvalue weighted by Gasteiger charge is 2.31. The molecule has 1 aliphatic rings. The third kappa shape index (κ3) is 3.29. The lowest BCUT2D eigenvalue weighted by Gasteiger charge is -2.44. The molecule has 6 heteroatoms. The van der Waals surface area contributed by atoms with Gasteiger partial charge in [-0.15, -0.1) is 0 Å². The quantitative estimate of drug-likeness (QED) is 0.854. The van der Waals surface area contributed by atoms with E-state index in [9.17, 15) is 4.79 Å². The number of hydrogen-bond acceptors (Lipinski definition) is 4. The molecule has 2 atom stereocenters. The number of carbonyl (C=O) groups excluding carboxylic acids is 1. The first kappa shape index (κ1) is 15.2. The van der Waals surface area contributed by atoms with E-state index < -0.39 is 0 Å². The topological polar surface area (TPSA) is 56.7 Å². The van der Waals surface area contributed by atoms with Crippen LogP contribution < -0.4 is 0 Å². The van der Waals surface area contributed by atoms with Gasteiger partial charge in [0.15, 0.2) is 0 Å². The van der Waals surface area contributed by atoms with Crippen molar-refractivity contribution in [2.45, 2.75) is 25.9 Å². The van der Waals surface area contributed by atoms with Crippen LogP contribution in [-0.4, -0.2) is 64.1 Å². The number of β-amino-alcohol motifs (C(OH)–C–C–N with tert-alkyl or cyclic N) is 1.